The quantitative estimate of drug-likeness (QED) is 0.466. The summed E-state index contributed by atoms with van der Waals surface area (Å²) in [5.74, 6) is 0. The first kappa shape index (κ1) is 22.7. The fraction of sp³-hybridized carbons (Fsp3) is 0.571. The largest absolute Gasteiger partial charge is 0.0579 e. The summed E-state index contributed by atoms with van der Waals surface area (Å²) < 4.78 is 0. The maximum absolute atomic E-state index is 2.44. The lowest BCUT2D eigenvalue weighted by atomic mass is 9.73. The van der Waals surface area contributed by atoms with E-state index in [1.165, 1.54) is 33.4 Å². The van der Waals surface area contributed by atoms with E-state index in [2.05, 4.69) is 119 Å². The molecule has 2 aromatic carbocycles. The Kier molecular flexibility index (Phi) is 5.72. The summed E-state index contributed by atoms with van der Waals surface area (Å²) in [6, 6.07) is 14.3. The molecule has 0 heteroatoms. The summed E-state index contributed by atoms with van der Waals surface area (Å²) in [4.78, 5) is 0. The van der Waals surface area contributed by atoms with Crippen LogP contribution in [0.1, 0.15) is 105 Å². The highest BCUT2D eigenvalue weighted by Crippen LogP contribution is 2.42. The van der Waals surface area contributed by atoms with Gasteiger partial charge >= 0.3 is 0 Å². The van der Waals surface area contributed by atoms with Crippen LogP contribution in [-0.2, 0) is 21.7 Å². The minimum absolute atomic E-state index is 0.0917. The first-order chi connectivity index (χ1) is 12.4. The lowest BCUT2D eigenvalue weighted by Crippen LogP contribution is -2.20. The van der Waals surface area contributed by atoms with E-state index in [4.69, 9.17) is 0 Å². The minimum Gasteiger partial charge on any atom is -0.0579 e. The highest BCUT2D eigenvalue weighted by molar-refractivity contribution is 5.74. The second-order valence-electron chi connectivity index (χ2n) is 12.5. The van der Waals surface area contributed by atoms with Crippen molar-refractivity contribution in [2.24, 2.45) is 0 Å². The molecule has 154 valence electrons. The topological polar surface area (TPSA) is 0 Å². The van der Waals surface area contributed by atoms with Crippen molar-refractivity contribution in [2.45, 2.75) is 105 Å². The van der Waals surface area contributed by atoms with Crippen molar-refractivity contribution >= 4 is 0 Å². The molecule has 0 N–H and O–H groups in total. The smallest absolute Gasteiger partial charge is 0.0126 e. The van der Waals surface area contributed by atoms with E-state index in [0.717, 1.165) is 0 Å². The number of benzene rings is 2. The van der Waals surface area contributed by atoms with E-state index in [0.29, 0.717) is 0 Å². The molecule has 0 spiro atoms. The Labute approximate surface area is 174 Å². The van der Waals surface area contributed by atoms with Gasteiger partial charge in [0.05, 0.1) is 0 Å². The zero-order valence-corrected chi connectivity index (χ0v) is 20.5. The van der Waals surface area contributed by atoms with Crippen LogP contribution in [0.5, 0.6) is 0 Å². The van der Waals surface area contributed by atoms with Gasteiger partial charge in [-0.05, 0) is 55.0 Å². The molecule has 0 aliphatic carbocycles. The average Bonchev–Trinajstić information content (AvgIpc) is 2.50. The molecule has 2 aromatic rings. The maximum Gasteiger partial charge on any atom is -0.0126 e. The standard InChI is InChI=1S/C28H42/c1-25(2,3)19-13-15-21(23(17-19)27(7,8)9)22-16-14-20(26(4,5)6)18-24(22)28(10,11)12/h13-18H,1-12H3. The van der Waals surface area contributed by atoms with Crippen molar-refractivity contribution in [1.29, 1.82) is 0 Å². The van der Waals surface area contributed by atoms with Crippen LogP contribution in [0.3, 0.4) is 0 Å². The van der Waals surface area contributed by atoms with Crippen molar-refractivity contribution in [1.82, 2.24) is 0 Å². The van der Waals surface area contributed by atoms with Gasteiger partial charge in [-0.15, -0.1) is 0 Å². The summed E-state index contributed by atoms with van der Waals surface area (Å²) in [6.07, 6.45) is 0. The summed E-state index contributed by atoms with van der Waals surface area (Å²) >= 11 is 0. The Morgan fingerprint density at radius 3 is 0.893 bits per heavy atom. The second kappa shape index (κ2) is 7.05. The molecular formula is C28H42. The van der Waals surface area contributed by atoms with Crippen molar-refractivity contribution in [3.8, 4) is 11.1 Å². The highest BCUT2D eigenvalue weighted by atomic mass is 14.3. The van der Waals surface area contributed by atoms with Gasteiger partial charge in [0.2, 0.25) is 0 Å². The second-order valence-corrected chi connectivity index (χ2v) is 12.5. The third-order valence-corrected chi connectivity index (χ3v) is 5.68. The van der Waals surface area contributed by atoms with Crippen molar-refractivity contribution < 1.29 is 0 Å². The van der Waals surface area contributed by atoms with Gasteiger partial charge in [-0.3, -0.25) is 0 Å². The van der Waals surface area contributed by atoms with Crippen molar-refractivity contribution in [3.63, 3.8) is 0 Å². The molecule has 0 atom stereocenters. The monoisotopic (exact) mass is 378 g/mol. The Morgan fingerprint density at radius 1 is 0.393 bits per heavy atom. The molecule has 2 rings (SSSR count). The zero-order chi connectivity index (χ0) is 21.7. The van der Waals surface area contributed by atoms with Gasteiger partial charge in [0.15, 0.2) is 0 Å². The number of hydrogen-bond donors (Lipinski definition) is 0. The molecule has 0 amide bonds. The van der Waals surface area contributed by atoms with E-state index < -0.39 is 0 Å². The Morgan fingerprint density at radius 2 is 0.679 bits per heavy atom. The normalized spacial score (nSPS) is 13.7. The van der Waals surface area contributed by atoms with Gasteiger partial charge in [-0.25, -0.2) is 0 Å². The van der Waals surface area contributed by atoms with Crippen LogP contribution in [0.15, 0.2) is 36.4 Å². The summed E-state index contributed by atoms with van der Waals surface area (Å²) in [5, 5.41) is 0. The third kappa shape index (κ3) is 4.88. The molecule has 0 saturated carbocycles. The lowest BCUT2D eigenvalue weighted by molar-refractivity contribution is 0.564. The van der Waals surface area contributed by atoms with E-state index >= 15 is 0 Å². The van der Waals surface area contributed by atoms with E-state index in [9.17, 15) is 0 Å². The Balaban J connectivity index is 2.84. The molecule has 0 aromatic heterocycles. The summed E-state index contributed by atoms with van der Waals surface area (Å²) in [7, 11) is 0. The van der Waals surface area contributed by atoms with Gasteiger partial charge in [0.25, 0.3) is 0 Å². The molecule has 0 fully saturated rings. The van der Waals surface area contributed by atoms with Crippen molar-refractivity contribution in [3.05, 3.63) is 58.7 Å². The molecule has 0 unspecified atom stereocenters. The van der Waals surface area contributed by atoms with Gasteiger partial charge in [-0.1, -0.05) is 119 Å². The molecule has 0 heterocycles. The Bertz CT molecular complexity index is 764. The van der Waals surface area contributed by atoms with Crippen LogP contribution in [0.2, 0.25) is 0 Å². The molecule has 0 radical (unpaired) electrons. The van der Waals surface area contributed by atoms with Crippen LogP contribution < -0.4 is 0 Å². The maximum atomic E-state index is 2.44. The van der Waals surface area contributed by atoms with Crippen LogP contribution in [0.25, 0.3) is 11.1 Å². The first-order valence-corrected chi connectivity index (χ1v) is 10.7. The predicted octanol–water partition coefficient (Wildman–Crippen LogP) is 8.54. The molecule has 0 saturated heterocycles. The van der Waals surface area contributed by atoms with Gasteiger partial charge < -0.3 is 0 Å². The number of hydrogen-bond acceptors (Lipinski definition) is 0. The Hall–Kier alpha value is -1.56. The lowest BCUT2D eigenvalue weighted by Gasteiger charge is -2.31. The SMILES string of the molecule is CC(C)(C)c1ccc(-c2ccc(C(C)(C)C)cc2C(C)(C)C)c(C(C)(C)C)c1. The van der Waals surface area contributed by atoms with E-state index in [1.807, 2.05) is 0 Å². The molecule has 0 aliphatic heterocycles. The van der Waals surface area contributed by atoms with E-state index in [-0.39, 0.29) is 21.7 Å². The van der Waals surface area contributed by atoms with Crippen molar-refractivity contribution in [2.75, 3.05) is 0 Å². The minimum atomic E-state index is 0.0917. The highest BCUT2D eigenvalue weighted by Gasteiger charge is 2.27. The fourth-order valence-corrected chi connectivity index (χ4v) is 3.73. The molecule has 0 aliphatic rings. The molecule has 0 nitrogen and oxygen atoms in total. The molecular weight excluding hydrogens is 336 g/mol. The average molecular weight is 379 g/mol. The third-order valence-electron chi connectivity index (χ3n) is 5.68. The first-order valence-electron chi connectivity index (χ1n) is 10.7. The predicted molar refractivity (Wildman–Crippen MR) is 127 cm³/mol. The van der Waals surface area contributed by atoms with Crippen LogP contribution in [-0.4, -0.2) is 0 Å². The molecule has 0 bridgehead atoms. The zero-order valence-electron chi connectivity index (χ0n) is 20.5. The van der Waals surface area contributed by atoms with E-state index in [1.54, 1.807) is 0 Å². The van der Waals surface area contributed by atoms with Crippen LogP contribution in [0.4, 0.5) is 0 Å². The van der Waals surface area contributed by atoms with Gasteiger partial charge in [0, 0.05) is 0 Å². The van der Waals surface area contributed by atoms with Gasteiger partial charge in [0.1, 0.15) is 0 Å². The van der Waals surface area contributed by atoms with Crippen LogP contribution >= 0.6 is 0 Å². The summed E-state index contributed by atoms with van der Waals surface area (Å²) in [5.41, 5.74) is 8.94. The fourth-order valence-electron chi connectivity index (χ4n) is 3.73. The number of rotatable bonds is 1. The van der Waals surface area contributed by atoms with Gasteiger partial charge in [-0.2, -0.15) is 0 Å². The van der Waals surface area contributed by atoms with Crippen LogP contribution in [0, 0.1) is 0 Å². The summed E-state index contributed by atoms with van der Waals surface area (Å²) in [6.45, 7) is 27.8. The molecule has 28 heavy (non-hydrogen) atoms.